The molecule has 3 heterocycles. The Morgan fingerprint density at radius 1 is 1.42 bits per heavy atom. The van der Waals surface area contributed by atoms with E-state index in [4.69, 9.17) is 8.97 Å². The Kier molecular flexibility index (Phi) is 6.43. The minimum Gasteiger partial charge on any atom is -0.611 e. The van der Waals surface area contributed by atoms with Crippen molar-refractivity contribution in [1.29, 1.82) is 0 Å². The van der Waals surface area contributed by atoms with Crippen LogP contribution in [0.5, 0.6) is 0 Å². The number of hydroxylamine groups is 2. The predicted molar refractivity (Wildman–Crippen MR) is 68.9 cm³/mol. The van der Waals surface area contributed by atoms with Gasteiger partial charge in [0.1, 0.15) is 0 Å². The molecule has 13 heteroatoms. The van der Waals surface area contributed by atoms with Crippen LogP contribution in [0.25, 0.3) is 0 Å². The number of hydrogen-bond donors (Lipinski definition) is 1. The van der Waals surface area contributed by atoms with Crippen LogP contribution in [0.2, 0.25) is 0 Å². The van der Waals surface area contributed by atoms with Crippen molar-refractivity contribution in [3.63, 3.8) is 0 Å². The summed E-state index contributed by atoms with van der Waals surface area (Å²) in [4.78, 5) is 13.8. The number of fused-ring (bicyclic) bond motifs is 3. The van der Waals surface area contributed by atoms with Crippen LogP contribution in [0.15, 0.2) is 4.42 Å². The first kappa shape index (κ1) is 21.7. The minimum atomic E-state index is -4.75. The zero-order valence-electron chi connectivity index (χ0n) is 12.5. The van der Waals surface area contributed by atoms with E-state index in [0.717, 1.165) is 17.9 Å². The molecule has 4 rings (SSSR count). The van der Waals surface area contributed by atoms with Crippen LogP contribution in [-0.2, 0) is 56.8 Å². The van der Waals surface area contributed by atoms with Crippen LogP contribution in [-0.4, -0.2) is 51.7 Å². The van der Waals surface area contributed by atoms with E-state index >= 15 is 0 Å². The van der Waals surface area contributed by atoms with Gasteiger partial charge in [0.15, 0.2) is 0 Å². The summed E-state index contributed by atoms with van der Waals surface area (Å²) < 4.78 is 40.2. The molecule has 10 nitrogen and oxygen atoms in total. The summed E-state index contributed by atoms with van der Waals surface area (Å²) in [6.45, 7) is 0.293. The van der Waals surface area contributed by atoms with Gasteiger partial charge in [-0.15, -0.1) is 4.28 Å². The Morgan fingerprint density at radius 3 is 2.58 bits per heavy atom. The van der Waals surface area contributed by atoms with Gasteiger partial charge in [-0.3, -0.25) is 4.55 Å². The number of amides is 2. The van der Waals surface area contributed by atoms with Gasteiger partial charge in [-0.25, -0.2) is 15.0 Å². The fourth-order valence-corrected chi connectivity index (χ4v) is 3.70. The Labute approximate surface area is 167 Å². The molecule has 2 unspecified atom stereocenters. The molecule has 1 aliphatic carbocycles. The van der Waals surface area contributed by atoms with E-state index in [-0.39, 0.29) is 60.9 Å². The molecule has 1 N–H and O–H groups in total. The summed E-state index contributed by atoms with van der Waals surface area (Å²) in [5.41, 5.74) is -0.230. The Bertz CT molecular complexity index is 695. The Morgan fingerprint density at radius 2 is 2.08 bits per heavy atom. The number of aromatic nitrogens is 2. The Balaban J connectivity index is 0.000000960. The van der Waals surface area contributed by atoms with Crippen molar-refractivity contribution in [3.05, 3.63) is 19.7 Å². The second-order valence-electron chi connectivity index (χ2n) is 5.59. The summed E-state index contributed by atoms with van der Waals surface area (Å²) in [7, 11) is -4.75. The second kappa shape index (κ2) is 7.11. The first-order valence-electron chi connectivity index (χ1n) is 6.36. The first-order chi connectivity index (χ1) is 9.90. The number of hydrogen-bond acceptors (Lipinski definition) is 7. The molecule has 2 saturated heterocycles. The number of rotatable bonds is 3. The summed E-state index contributed by atoms with van der Waals surface area (Å²) in [6, 6.07) is -1.47. The number of carbonyl (C=O) groups excluding carboxylic acids is 1. The molecule has 24 heavy (non-hydrogen) atoms. The fraction of sp³-hybridized carbons (Fsp3) is 0.636. The second-order valence-corrected chi connectivity index (χ2v) is 6.60. The van der Waals surface area contributed by atoms with Crippen LogP contribution < -0.4 is 0 Å². The minimum absolute atomic E-state index is 0. The molecular weight excluding hydrogens is 684 g/mol. The van der Waals surface area contributed by atoms with Gasteiger partial charge in [0, 0.05) is 33.7 Å². The van der Waals surface area contributed by atoms with Crippen molar-refractivity contribution in [2.75, 3.05) is 6.54 Å². The molecule has 2 aliphatic heterocycles. The van der Waals surface area contributed by atoms with E-state index < -0.39 is 28.5 Å². The molecule has 1 aromatic heterocycles. The summed E-state index contributed by atoms with van der Waals surface area (Å²) in [6.07, 6.45) is 4.52. The molecule has 132 valence electrons. The molecule has 1 saturated carbocycles. The average molecular weight is 698 g/mol. The van der Waals surface area contributed by atoms with Crippen LogP contribution in [0.1, 0.15) is 31.2 Å². The topological polar surface area (TPSA) is 126 Å². The molecule has 3 fully saturated rings. The molecule has 2 bridgehead atoms. The Hall–Kier alpha value is -0.343. The number of piperidine rings is 1. The van der Waals surface area contributed by atoms with Gasteiger partial charge in [-0.05, 0) is 24.7 Å². The maximum Gasteiger partial charge on any atom is 2.00 e. The number of urea groups is 1. The first-order valence-corrected chi connectivity index (χ1v) is 7.72. The van der Waals surface area contributed by atoms with Crippen LogP contribution in [0.3, 0.4) is 0 Å². The number of nitrogens with zero attached hydrogens (tertiary/aromatic N) is 4. The average Bonchev–Trinajstić information content (AvgIpc) is 2.87. The third kappa shape index (κ3) is 3.46. The monoisotopic (exact) mass is 698 g/mol. The van der Waals surface area contributed by atoms with Gasteiger partial charge in [-0.2, -0.15) is 13.5 Å². The fourth-order valence-electron chi connectivity index (χ4n) is 3.33. The zero-order chi connectivity index (χ0) is 14.8. The largest absolute Gasteiger partial charge is 2.00 e. The van der Waals surface area contributed by atoms with Gasteiger partial charge in [0.2, 0.25) is 0 Å². The van der Waals surface area contributed by atoms with E-state index in [9.17, 15) is 13.2 Å². The molecule has 1 aromatic rings. The van der Waals surface area contributed by atoms with E-state index in [1.807, 2.05) is 0 Å². The maximum absolute atomic E-state index is 12.3. The number of carbonyl (C=O) groups is 1. The van der Waals surface area contributed by atoms with Crippen LogP contribution in [0.4, 0.5) is 4.79 Å². The zero-order valence-corrected chi connectivity index (χ0v) is 19.2. The molecule has 3 aliphatic rings. The van der Waals surface area contributed by atoms with E-state index in [1.165, 1.54) is 4.90 Å². The van der Waals surface area contributed by atoms with Crippen LogP contribution in [0, 0.1) is 19.2 Å². The van der Waals surface area contributed by atoms with Crippen molar-refractivity contribution in [1.82, 2.24) is 20.2 Å². The van der Waals surface area contributed by atoms with Gasteiger partial charge < -0.3 is 16.7 Å². The summed E-state index contributed by atoms with van der Waals surface area (Å²) in [5.74, 6) is 0.266. The van der Waals surface area contributed by atoms with Crippen molar-refractivity contribution in [2.45, 2.75) is 31.3 Å². The predicted octanol–water partition coefficient (Wildman–Crippen LogP) is 0.381. The molecule has 1 spiro atoms. The van der Waals surface area contributed by atoms with Gasteiger partial charge in [0.05, 0.1) is 18.3 Å². The molecule has 2 atom stereocenters. The molecule has 0 radical (unpaired) electrons. The molecular formula is C11H14N4O6SW2. The van der Waals surface area contributed by atoms with Crippen molar-refractivity contribution < 1.29 is 68.6 Å². The van der Waals surface area contributed by atoms with Gasteiger partial charge in [-0.1, -0.05) is 0 Å². The molecule has 2 amide bonds. The van der Waals surface area contributed by atoms with Crippen molar-refractivity contribution in [2.24, 2.45) is 5.41 Å². The third-order valence-corrected chi connectivity index (χ3v) is 4.81. The smallest absolute Gasteiger partial charge is 0.611 e. The normalized spacial score (nSPS) is 26.5. The SMILES string of the molecule is O=C1N2CC(N1OS(=O)(=O)O)C1(CC1)CC2c1nn[c-]o1.[CH3-].[W+2].[W]. The quantitative estimate of drug-likeness (QED) is 0.355. The van der Waals surface area contributed by atoms with E-state index in [2.05, 4.69) is 20.9 Å². The van der Waals surface area contributed by atoms with Crippen LogP contribution >= 0.6 is 0 Å². The van der Waals surface area contributed by atoms with E-state index in [1.54, 1.807) is 0 Å². The standard InChI is InChI=1S/C10H11N4O6S.CH3.2W/c15-9-13-4-7(14(9)20-21(16,17)18)10(1-2-10)3-6(13)8-12-11-5-19-8;;;/h6-7H,1-4H2,(H,16,17,18);1H3;;/q2*-1;;+2. The summed E-state index contributed by atoms with van der Waals surface area (Å²) in [5, 5.41) is 8.03. The van der Waals surface area contributed by atoms with Crippen molar-refractivity contribution >= 4 is 16.4 Å². The summed E-state index contributed by atoms with van der Waals surface area (Å²) >= 11 is 0. The van der Waals surface area contributed by atoms with Gasteiger partial charge >= 0.3 is 37.5 Å². The van der Waals surface area contributed by atoms with Gasteiger partial charge in [0.25, 0.3) is 0 Å². The maximum atomic E-state index is 12.3. The van der Waals surface area contributed by atoms with Crippen molar-refractivity contribution in [3.8, 4) is 0 Å². The molecule has 0 aromatic carbocycles. The van der Waals surface area contributed by atoms with E-state index in [0.29, 0.717) is 13.0 Å². The third-order valence-electron chi connectivity index (χ3n) is 4.46.